The number of fused-ring (bicyclic) bond motifs is 1. The van der Waals surface area contributed by atoms with E-state index in [1.165, 1.54) is 17.6 Å². The normalized spacial score (nSPS) is 20.8. The monoisotopic (exact) mass is 295 g/mol. The maximum Gasteiger partial charge on any atom is 0.211 e. The Morgan fingerprint density at radius 3 is 2.80 bits per heavy atom. The topological polar surface area (TPSA) is 52.7 Å². The van der Waals surface area contributed by atoms with Crippen molar-refractivity contribution < 1.29 is 8.42 Å². The molecule has 1 fully saturated rings. The maximum absolute atomic E-state index is 11.4. The van der Waals surface area contributed by atoms with Gasteiger partial charge in [0.15, 0.2) is 0 Å². The summed E-state index contributed by atoms with van der Waals surface area (Å²) in [6.07, 6.45) is 2.39. The number of nitrogens with one attached hydrogen (secondary N) is 1. The molecule has 1 aromatic carbocycles. The van der Waals surface area contributed by atoms with Crippen LogP contribution in [0.2, 0.25) is 0 Å². The molecule has 2 aliphatic rings. The second-order valence-corrected chi connectivity index (χ2v) is 7.67. The van der Waals surface area contributed by atoms with Gasteiger partial charge in [0, 0.05) is 38.6 Å². The Kier molecular flexibility index (Phi) is 3.60. The fourth-order valence-electron chi connectivity index (χ4n) is 2.92. The Labute approximate surface area is 120 Å². The lowest BCUT2D eigenvalue weighted by Gasteiger charge is -2.40. The van der Waals surface area contributed by atoms with Crippen LogP contribution in [0.25, 0.3) is 0 Å². The van der Waals surface area contributed by atoms with Gasteiger partial charge >= 0.3 is 0 Å². The molecule has 1 N–H and O–H groups in total. The molecule has 2 aliphatic heterocycles. The highest BCUT2D eigenvalue weighted by molar-refractivity contribution is 7.88. The summed E-state index contributed by atoms with van der Waals surface area (Å²) >= 11 is 0. The summed E-state index contributed by atoms with van der Waals surface area (Å²) in [5, 5.41) is 3.45. The third-order valence-corrected chi connectivity index (χ3v) is 5.27. The molecule has 5 nitrogen and oxygen atoms in total. The molecule has 1 aromatic rings. The predicted molar refractivity (Wildman–Crippen MR) is 81.7 cm³/mol. The van der Waals surface area contributed by atoms with E-state index in [0.29, 0.717) is 19.0 Å². The molecular formula is C14H21N3O2S. The SMILES string of the molecule is CS(=O)(=O)N1CC(CN2CCCNc3ccccc32)C1. The average molecular weight is 295 g/mol. The molecule has 0 atom stereocenters. The highest BCUT2D eigenvalue weighted by Gasteiger charge is 2.34. The molecule has 0 amide bonds. The summed E-state index contributed by atoms with van der Waals surface area (Å²) in [5.41, 5.74) is 2.42. The molecule has 0 spiro atoms. The van der Waals surface area contributed by atoms with Crippen LogP contribution >= 0.6 is 0 Å². The van der Waals surface area contributed by atoms with Crippen LogP contribution in [0.1, 0.15) is 6.42 Å². The van der Waals surface area contributed by atoms with Crippen LogP contribution in [0.5, 0.6) is 0 Å². The Morgan fingerprint density at radius 1 is 1.30 bits per heavy atom. The van der Waals surface area contributed by atoms with Gasteiger partial charge in [-0.3, -0.25) is 0 Å². The molecule has 2 heterocycles. The van der Waals surface area contributed by atoms with Crippen LogP contribution in [-0.4, -0.2) is 51.7 Å². The molecule has 110 valence electrons. The number of nitrogens with zero attached hydrogens (tertiary/aromatic N) is 2. The highest BCUT2D eigenvalue weighted by Crippen LogP contribution is 2.30. The zero-order valence-electron chi connectivity index (χ0n) is 11.7. The van der Waals surface area contributed by atoms with Crippen LogP contribution < -0.4 is 10.2 Å². The molecule has 0 saturated carbocycles. The van der Waals surface area contributed by atoms with E-state index in [2.05, 4.69) is 28.4 Å². The number of sulfonamides is 1. The zero-order valence-corrected chi connectivity index (χ0v) is 12.6. The largest absolute Gasteiger partial charge is 0.383 e. The number of para-hydroxylation sites is 2. The van der Waals surface area contributed by atoms with Crippen molar-refractivity contribution in [3.63, 3.8) is 0 Å². The minimum atomic E-state index is -3.01. The van der Waals surface area contributed by atoms with E-state index < -0.39 is 10.0 Å². The van der Waals surface area contributed by atoms with Gasteiger partial charge in [-0.25, -0.2) is 12.7 Å². The van der Waals surface area contributed by atoms with Crippen LogP contribution in [0, 0.1) is 5.92 Å². The first-order valence-electron chi connectivity index (χ1n) is 7.07. The van der Waals surface area contributed by atoms with E-state index in [-0.39, 0.29) is 0 Å². The zero-order chi connectivity index (χ0) is 14.2. The van der Waals surface area contributed by atoms with Gasteiger partial charge in [-0.05, 0) is 18.6 Å². The summed E-state index contributed by atoms with van der Waals surface area (Å²) in [6, 6.07) is 8.35. The summed E-state index contributed by atoms with van der Waals surface area (Å²) < 4.78 is 24.4. The quantitative estimate of drug-likeness (QED) is 0.910. The van der Waals surface area contributed by atoms with Crippen molar-refractivity contribution in [2.75, 3.05) is 49.2 Å². The first-order chi connectivity index (χ1) is 9.54. The molecule has 0 radical (unpaired) electrons. The number of benzene rings is 1. The van der Waals surface area contributed by atoms with Gasteiger partial charge < -0.3 is 10.2 Å². The van der Waals surface area contributed by atoms with Crippen LogP contribution in [0.3, 0.4) is 0 Å². The van der Waals surface area contributed by atoms with Crippen LogP contribution in [0.4, 0.5) is 11.4 Å². The van der Waals surface area contributed by atoms with Crippen molar-refractivity contribution in [2.45, 2.75) is 6.42 Å². The van der Waals surface area contributed by atoms with Crippen molar-refractivity contribution in [2.24, 2.45) is 5.92 Å². The lowest BCUT2D eigenvalue weighted by atomic mass is 10.0. The Morgan fingerprint density at radius 2 is 2.05 bits per heavy atom. The lowest BCUT2D eigenvalue weighted by molar-refractivity contribution is 0.205. The number of hydrogen-bond donors (Lipinski definition) is 1. The minimum absolute atomic E-state index is 0.441. The smallest absolute Gasteiger partial charge is 0.211 e. The molecule has 0 bridgehead atoms. The van der Waals surface area contributed by atoms with Gasteiger partial charge in [0.05, 0.1) is 17.6 Å². The van der Waals surface area contributed by atoms with Gasteiger partial charge in [-0.1, -0.05) is 12.1 Å². The third kappa shape index (κ3) is 2.76. The van der Waals surface area contributed by atoms with Crippen molar-refractivity contribution in [3.8, 4) is 0 Å². The van der Waals surface area contributed by atoms with Gasteiger partial charge in [0.1, 0.15) is 0 Å². The summed E-state index contributed by atoms with van der Waals surface area (Å²) in [6.45, 7) is 4.27. The standard InChI is InChI=1S/C14H21N3O2S/c1-20(18,19)17-10-12(11-17)9-16-8-4-7-15-13-5-2-3-6-14(13)16/h2-3,5-6,12,15H,4,7-11H2,1H3. The second-order valence-electron chi connectivity index (χ2n) is 5.69. The van der Waals surface area contributed by atoms with Crippen LogP contribution in [0.15, 0.2) is 24.3 Å². The molecule has 1 saturated heterocycles. The van der Waals surface area contributed by atoms with Gasteiger partial charge in [-0.2, -0.15) is 0 Å². The van der Waals surface area contributed by atoms with Gasteiger partial charge in [0.25, 0.3) is 0 Å². The van der Waals surface area contributed by atoms with Crippen molar-refractivity contribution in [1.82, 2.24) is 4.31 Å². The van der Waals surface area contributed by atoms with E-state index in [1.807, 2.05) is 6.07 Å². The number of rotatable bonds is 3. The molecule has 3 rings (SSSR count). The van der Waals surface area contributed by atoms with Crippen molar-refractivity contribution >= 4 is 21.4 Å². The number of hydrogen-bond acceptors (Lipinski definition) is 4. The Hall–Kier alpha value is -1.27. The molecule has 6 heteroatoms. The third-order valence-electron chi connectivity index (χ3n) is 4.04. The highest BCUT2D eigenvalue weighted by atomic mass is 32.2. The fraction of sp³-hybridized carbons (Fsp3) is 0.571. The van der Waals surface area contributed by atoms with Crippen molar-refractivity contribution in [3.05, 3.63) is 24.3 Å². The molecule has 20 heavy (non-hydrogen) atoms. The Bertz CT molecular complexity index is 582. The molecule has 0 aliphatic carbocycles. The van der Waals surface area contributed by atoms with Crippen LogP contribution in [-0.2, 0) is 10.0 Å². The van der Waals surface area contributed by atoms with E-state index >= 15 is 0 Å². The van der Waals surface area contributed by atoms with E-state index in [9.17, 15) is 8.42 Å². The summed E-state index contributed by atoms with van der Waals surface area (Å²) in [7, 11) is -3.01. The maximum atomic E-state index is 11.4. The average Bonchev–Trinajstić information content (AvgIpc) is 2.54. The summed E-state index contributed by atoms with van der Waals surface area (Å²) in [5.74, 6) is 0.441. The van der Waals surface area contributed by atoms with E-state index in [4.69, 9.17) is 0 Å². The first kappa shape index (κ1) is 13.7. The minimum Gasteiger partial charge on any atom is -0.383 e. The molecule has 0 unspecified atom stereocenters. The first-order valence-corrected chi connectivity index (χ1v) is 8.92. The fourth-order valence-corrected chi connectivity index (χ4v) is 3.89. The second kappa shape index (κ2) is 5.26. The Balaban J connectivity index is 1.67. The molecule has 0 aromatic heterocycles. The lowest BCUT2D eigenvalue weighted by Crippen LogP contribution is -2.53. The molecular weight excluding hydrogens is 274 g/mol. The van der Waals surface area contributed by atoms with Crippen molar-refractivity contribution in [1.29, 1.82) is 0 Å². The number of anilines is 2. The van der Waals surface area contributed by atoms with E-state index in [0.717, 1.165) is 26.1 Å². The van der Waals surface area contributed by atoms with Gasteiger partial charge in [-0.15, -0.1) is 0 Å². The van der Waals surface area contributed by atoms with E-state index in [1.54, 1.807) is 4.31 Å². The summed E-state index contributed by atoms with van der Waals surface area (Å²) in [4.78, 5) is 2.39. The van der Waals surface area contributed by atoms with Gasteiger partial charge in [0.2, 0.25) is 10.0 Å². The predicted octanol–water partition coefficient (Wildman–Crippen LogP) is 1.20.